The largest absolute Gasteiger partial charge is 0.308 e. The van der Waals surface area contributed by atoms with Gasteiger partial charge in [0.1, 0.15) is 5.82 Å². The molecule has 0 saturated heterocycles. The summed E-state index contributed by atoms with van der Waals surface area (Å²) in [5.74, 6) is -0.310. The highest BCUT2D eigenvalue weighted by molar-refractivity contribution is 6.30. The van der Waals surface area contributed by atoms with Crippen LogP contribution in [0.1, 0.15) is 17.3 Å². The molecule has 0 bridgehead atoms. The third-order valence-corrected chi connectivity index (χ3v) is 2.84. The fourth-order valence-corrected chi connectivity index (χ4v) is 1.94. The number of halogens is 2. The van der Waals surface area contributed by atoms with Crippen LogP contribution in [-0.2, 0) is 7.05 Å². The van der Waals surface area contributed by atoms with Crippen LogP contribution < -0.4 is 5.32 Å². The maximum absolute atomic E-state index is 13.8. The average Bonchev–Trinajstić information content (AvgIpc) is 2.71. The molecule has 0 saturated carbocycles. The number of rotatable bonds is 3. The number of nitrogens with one attached hydrogen (secondary N) is 1. The zero-order valence-corrected chi connectivity index (χ0v) is 10.2. The molecular weight excluding hydrogens is 243 g/mol. The van der Waals surface area contributed by atoms with Gasteiger partial charge in [-0.15, -0.1) is 5.10 Å². The lowest BCUT2D eigenvalue weighted by Crippen LogP contribution is -2.21. The molecule has 2 rings (SSSR count). The standard InChI is InChI=1S/C11H12ClFN4/c1-14-11(10-6-15-16-17(10)2)8-5-7(12)3-4-9(8)13/h3-6,11,14H,1-2H3. The quantitative estimate of drug-likeness (QED) is 0.910. The van der Waals surface area contributed by atoms with E-state index < -0.39 is 0 Å². The molecular formula is C11H12ClFN4. The Kier molecular flexibility index (Phi) is 3.40. The fourth-order valence-electron chi connectivity index (χ4n) is 1.76. The van der Waals surface area contributed by atoms with Crippen molar-refractivity contribution in [3.63, 3.8) is 0 Å². The van der Waals surface area contributed by atoms with Crippen LogP contribution in [0.25, 0.3) is 0 Å². The summed E-state index contributed by atoms with van der Waals surface area (Å²) in [5.41, 5.74) is 1.25. The van der Waals surface area contributed by atoms with E-state index in [4.69, 9.17) is 11.6 Å². The van der Waals surface area contributed by atoms with E-state index in [1.54, 1.807) is 31.0 Å². The second-order valence-corrected chi connectivity index (χ2v) is 4.11. The van der Waals surface area contributed by atoms with Crippen molar-refractivity contribution in [3.05, 3.63) is 46.5 Å². The van der Waals surface area contributed by atoms with E-state index in [2.05, 4.69) is 15.6 Å². The van der Waals surface area contributed by atoms with E-state index in [9.17, 15) is 4.39 Å². The maximum atomic E-state index is 13.8. The molecule has 1 unspecified atom stereocenters. The Balaban J connectivity index is 2.49. The van der Waals surface area contributed by atoms with E-state index >= 15 is 0 Å². The summed E-state index contributed by atoms with van der Waals surface area (Å²) in [6.45, 7) is 0. The molecule has 0 fully saturated rings. The second-order valence-electron chi connectivity index (χ2n) is 3.67. The summed E-state index contributed by atoms with van der Waals surface area (Å²) < 4.78 is 15.4. The van der Waals surface area contributed by atoms with E-state index in [1.165, 1.54) is 12.1 Å². The number of aromatic nitrogens is 3. The Labute approximate surface area is 103 Å². The summed E-state index contributed by atoms with van der Waals surface area (Å²) in [6.07, 6.45) is 1.60. The molecule has 2 aromatic rings. The Hall–Kier alpha value is -1.46. The van der Waals surface area contributed by atoms with Crippen molar-refractivity contribution in [2.75, 3.05) is 7.05 Å². The van der Waals surface area contributed by atoms with Gasteiger partial charge in [0.05, 0.1) is 17.9 Å². The predicted molar refractivity (Wildman–Crippen MR) is 63.3 cm³/mol. The van der Waals surface area contributed by atoms with Crippen LogP contribution in [0, 0.1) is 5.82 Å². The molecule has 90 valence electrons. The molecule has 0 aliphatic rings. The molecule has 1 aromatic heterocycles. The van der Waals surface area contributed by atoms with Gasteiger partial charge in [0.2, 0.25) is 0 Å². The molecule has 0 radical (unpaired) electrons. The number of aryl methyl sites for hydroxylation is 1. The first kappa shape index (κ1) is 12.0. The zero-order valence-electron chi connectivity index (χ0n) is 9.48. The Bertz CT molecular complexity index is 526. The summed E-state index contributed by atoms with van der Waals surface area (Å²) in [4.78, 5) is 0. The van der Waals surface area contributed by atoms with Gasteiger partial charge >= 0.3 is 0 Å². The lowest BCUT2D eigenvalue weighted by molar-refractivity contribution is 0.549. The lowest BCUT2D eigenvalue weighted by atomic mass is 10.0. The number of benzene rings is 1. The number of hydrogen-bond acceptors (Lipinski definition) is 3. The number of nitrogens with zero attached hydrogens (tertiary/aromatic N) is 3. The minimum atomic E-state index is -0.325. The predicted octanol–water partition coefficient (Wildman–Crippen LogP) is 1.92. The smallest absolute Gasteiger partial charge is 0.128 e. The van der Waals surface area contributed by atoms with Gasteiger partial charge < -0.3 is 5.32 Å². The third-order valence-electron chi connectivity index (χ3n) is 2.60. The van der Waals surface area contributed by atoms with Crippen molar-refractivity contribution >= 4 is 11.6 Å². The first-order chi connectivity index (χ1) is 8.13. The van der Waals surface area contributed by atoms with Crippen molar-refractivity contribution < 1.29 is 4.39 Å². The van der Waals surface area contributed by atoms with E-state index in [1.807, 2.05) is 0 Å². The van der Waals surface area contributed by atoms with Crippen LogP contribution in [0.3, 0.4) is 0 Å². The fraction of sp³-hybridized carbons (Fsp3) is 0.273. The Morgan fingerprint density at radius 3 is 2.82 bits per heavy atom. The van der Waals surface area contributed by atoms with Crippen LogP contribution in [0.2, 0.25) is 5.02 Å². The Morgan fingerprint density at radius 1 is 1.47 bits per heavy atom. The van der Waals surface area contributed by atoms with Gasteiger partial charge in [-0.25, -0.2) is 4.39 Å². The van der Waals surface area contributed by atoms with Crippen molar-refractivity contribution in [3.8, 4) is 0 Å². The van der Waals surface area contributed by atoms with Gasteiger partial charge in [0.15, 0.2) is 0 Å². The van der Waals surface area contributed by atoms with Gasteiger partial charge in [-0.05, 0) is 25.2 Å². The van der Waals surface area contributed by atoms with Crippen LogP contribution in [0.4, 0.5) is 4.39 Å². The highest BCUT2D eigenvalue weighted by Crippen LogP contribution is 2.25. The van der Waals surface area contributed by atoms with Crippen molar-refractivity contribution in [1.29, 1.82) is 0 Å². The van der Waals surface area contributed by atoms with Crippen molar-refractivity contribution in [2.45, 2.75) is 6.04 Å². The summed E-state index contributed by atoms with van der Waals surface area (Å²) in [6, 6.07) is 4.15. The number of hydrogen-bond donors (Lipinski definition) is 1. The second kappa shape index (κ2) is 4.81. The average molecular weight is 255 g/mol. The van der Waals surface area contributed by atoms with Crippen LogP contribution in [-0.4, -0.2) is 22.0 Å². The minimum absolute atomic E-state index is 0.310. The summed E-state index contributed by atoms with van der Waals surface area (Å²) in [5, 5.41) is 11.1. The Morgan fingerprint density at radius 2 is 2.24 bits per heavy atom. The van der Waals surface area contributed by atoms with Gasteiger partial charge in [-0.1, -0.05) is 16.8 Å². The van der Waals surface area contributed by atoms with Crippen LogP contribution in [0.15, 0.2) is 24.4 Å². The highest BCUT2D eigenvalue weighted by atomic mass is 35.5. The minimum Gasteiger partial charge on any atom is -0.308 e. The third kappa shape index (κ3) is 2.30. The van der Waals surface area contributed by atoms with E-state index in [-0.39, 0.29) is 11.9 Å². The molecule has 1 aromatic carbocycles. The van der Waals surface area contributed by atoms with Crippen molar-refractivity contribution in [1.82, 2.24) is 20.3 Å². The van der Waals surface area contributed by atoms with Crippen molar-refractivity contribution in [2.24, 2.45) is 7.05 Å². The van der Waals surface area contributed by atoms with Crippen LogP contribution >= 0.6 is 11.6 Å². The van der Waals surface area contributed by atoms with Gasteiger partial charge in [-0.3, -0.25) is 4.68 Å². The summed E-state index contributed by atoms with van der Waals surface area (Å²) in [7, 11) is 3.51. The molecule has 1 heterocycles. The first-order valence-electron chi connectivity index (χ1n) is 5.10. The molecule has 1 atom stereocenters. The van der Waals surface area contributed by atoms with E-state index in [0.29, 0.717) is 10.6 Å². The SMILES string of the molecule is CNC(c1cc(Cl)ccc1F)c1cnnn1C. The molecule has 4 nitrogen and oxygen atoms in total. The normalized spacial score (nSPS) is 12.7. The lowest BCUT2D eigenvalue weighted by Gasteiger charge is -2.17. The monoisotopic (exact) mass is 254 g/mol. The molecule has 0 amide bonds. The topological polar surface area (TPSA) is 42.7 Å². The zero-order chi connectivity index (χ0) is 12.4. The van der Waals surface area contributed by atoms with E-state index in [0.717, 1.165) is 5.69 Å². The molecule has 0 aliphatic carbocycles. The summed E-state index contributed by atoms with van der Waals surface area (Å²) >= 11 is 5.89. The molecule has 1 N–H and O–H groups in total. The maximum Gasteiger partial charge on any atom is 0.128 e. The first-order valence-corrected chi connectivity index (χ1v) is 5.48. The van der Waals surface area contributed by atoms with Gasteiger partial charge in [-0.2, -0.15) is 0 Å². The highest BCUT2D eigenvalue weighted by Gasteiger charge is 2.19. The molecule has 17 heavy (non-hydrogen) atoms. The van der Waals surface area contributed by atoms with Crippen LogP contribution in [0.5, 0.6) is 0 Å². The molecule has 0 spiro atoms. The van der Waals surface area contributed by atoms with Gasteiger partial charge in [0.25, 0.3) is 0 Å². The molecule has 0 aliphatic heterocycles. The molecule has 6 heteroatoms. The van der Waals surface area contributed by atoms with Gasteiger partial charge in [0, 0.05) is 17.6 Å².